The summed E-state index contributed by atoms with van der Waals surface area (Å²) in [5.41, 5.74) is 0. The van der Waals surface area contributed by atoms with Gasteiger partial charge in [-0.2, -0.15) is 0 Å². The van der Waals surface area contributed by atoms with Crippen molar-refractivity contribution in [2.75, 3.05) is 0 Å². The molecule has 11 heavy (non-hydrogen) atoms. The van der Waals surface area contributed by atoms with Gasteiger partial charge in [-0.1, -0.05) is 32.6 Å². The molecule has 3 heteroatoms. The summed E-state index contributed by atoms with van der Waals surface area (Å²) in [5.74, 6) is -0.920. The third-order valence-electron chi connectivity index (χ3n) is 1.48. The largest absolute Gasteiger partial charge is 0.550 e. The van der Waals surface area contributed by atoms with Crippen LogP contribution < -0.4 is 5.11 Å². The molecule has 0 saturated carbocycles. The second kappa shape index (κ2) is 10.0. The van der Waals surface area contributed by atoms with Crippen LogP contribution in [0.5, 0.6) is 0 Å². The molecule has 0 aliphatic rings. The summed E-state index contributed by atoms with van der Waals surface area (Å²) in [6, 6.07) is 0. The Kier molecular flexibility index (Phi) is 12.4. The molecular weight excluding hydrogens is 180 g/mol. The molecule has 0 radical (unpaired) electrons. The fourth-order valence-corrected chi connectivity index (χ4v) is 0.873. The van der Waals surface area contributed by atoms with Crippen LogP contribution in [0.15, 0.2) is 0 Å². The smallest absolute Gasteiger partial charge is 0.0414 e. The summed E-state index contributed by atoms with van der Waals surface area (Å²) in [5, 5.41) is 9.92. The van der Waals surface area contributed by atoms with Crippen LogP contribution in [0.25, 0.3) is 0 Å². The zero-order chi connectivity index (χ0) is 7.82. The van der Waals surface area contributed by atoms with Gasteiger partial charge in [-0.05, 0) is 12.8 Å². The van der Waals surface area contributed by atoms with Crippen LogP contribution >= 0.6 is 0 Å². The maximum atomic E-state index is 9.92. The molecule has 0 fully saturated rings. The van der Waals surface area contributed by atoms with Crippen LogP contribution in [0.2, 0.25) is 0 Å². The second-order valence-electron chi connectivity index (χ2n) is 2.54. The quantitative estimate of drug-likeness (QED) is 0.595. The summed E-state index contributed by atoms with van der Waals surface area (Å²) >= 11 is 0. The van der Waals surface area contributed by atoms with Crippen LogP contribution in [-0.2, 0) is 22.2 Å². The van der Waals surface area contributed by atoms with E-state index < -0.39 is 5.97 Å². The molecule has 0 aliphatic carbocycles. The van der Waals surface area contributed by atoms with Gasteiger partial charge in [-0.3, -0.25) is 0 Å². The number of carboxylic acids is 1. The molecule has 0 saturated heterocycles. The van der Waals surface area contributed by atoms with E-state index in [0.29, 0.717) is 0 Å². The van der Waals surface area contributed by atoms with Crippen molar-refractivity contribution in [3.8, 4) is 0 Å². The molecule has 0 aromatic carbocycles. The summed E-state index contributed by atoms with van der Waals surface area (Å²) in [6.45, 7) is 2.14. The van der Waals surface area contributed by atoms with Crippen LogP contribution in [0, 0.1) is 0 Å². The van der Waals surface area contributed by atoms with Gasteiger partial charge in [0.25, 0.3) is 0 Å². The van der Waals surface area contributed by atoms with Crippen molar-refractivity contribution in [3.05, 3.63) is 0 Å². The molecule has 2 nitrogen and oxygen atoms in total. The Morgan fingerprint density at radius 1 is 1.18 bits per heavy atom. The fourth-order valence-electron chi connectivity index (χ4n) is 0.873. The molecule has 0 rings (SSSR count). The minimum Gasteiger partial charge on any atom is -0.550 e. The predicted molar refractivity (Wildman–Crippen MR) is 38.4 cm³/mol. The molecule has 0 spiro atoms. The van der Waals surface area contributed by atoms with Crippen LogP contribution in [0.4, 0.5) is 0 Å². The number of aliphatic carboxylic acids is 1. The molecule has 0 aromatic heterocycles. The first-order chi connectivity index (χ1) is 4.77. The second-order valence-corrected chi connectivity index (χ2v) is 2.54. The van der Waals surface area contributed by atoms with Gasteiger partial charge in [0.05, 0.1) is 0 Å². The van der Waals surface area contributed by atoms with E-state index in [-0.39, 0.29) is 23.8 Å². The zero-order valence-corrected chi connectivity index (χ0v) is 8.24. The maximum absolute atomic E-state index is 9.92. The Morgan fingerprint density at radius 3 is 2.18 bits per heavy atom. The Morgan fingerprint density at radius 2 is 1.73 bits per heavy atom. The Hall–Kier alpha value is 0.00247. The number of carbonyl (C=O) groups is 1. The number of hydrogen-bond acceptors (Lipinski definition) is 2. The van der Waals surface area contributed by atoms with Gasteiger partial charge in [0.2, 0.25) is 0 Å². The van der Waals surface area contributed by atoms with Gasteiger partial charge >= 0.3 is 0 Å². The van der Waals surface area contributed by atoms with E-state index >= 15 is 0 Å². The normalized spacial score (nSPS) is 8.82. The molecule has 0 unspecified atom stereocenters. The van der Waals surface area contributed by atoms with Crippen LogP contribution in [0.1, 0.15) is 45.4 Å². The van der Waals surface area contributed by atoms with Gasteiger partial charge in [-0.15, -0.1) is 0 Å². The monoisotopic (exact) mass is 195 g/mol. The van der Waals surface area contributed by atoms with Crippen molar-refractivity contribution in [1.29, 1.82) is 0 Å². The van der Waals surface area contributed by atoms with E-state index in [2.05, 4.69) is 6.92 Å². The average molecular weight is 195 g/mol. The first-order valence-electron chi connectivity index (χ1n) is 3.97. The Bertz CT molecular complexity index is 94.1. The first-order valence-corrected chi connectivity index (χ1v) is 3.97. The van der Waals surface area contributed by atoms with Gasteiger partial charge in [-0.25, -0.2) is 0 Å². The summed E-state index contributed by atoms with van der Waals surface area (Å²) in [6.07, 6.45) is 5.61. The number of carboxylic acid groups (broad SMARTS) is 1. The summed E-state index contributed by atoms with van der Waals surface area (Å²) in [7, 11) is 0. The van der Waals surface area contributed by atoms with Gasteiger partial charge in [0, 0.05) is 23.3 Å². The summed E-state index contributed by atoms with van der Waals surface area (Å²) in [4.78, 5) is 9.92. The summed E-state index contributed by atoms with van der Waals surface area (Å²) < 4.78 is 0. The third kappa shape index (κ3) is 13.1. The van der Waals surface area contributed by atoms with Crippen molar-refractivity contribution in [2.24, 2.45) is 0 Å². The van der Waals surface area contributed by atoms with Crippen molar-refractivity contribution >= 4 is 5.97 Å². The van der Waals surface area contributed by atoms with Gasteiger partial charge < -0.3 is 9.90 Å². The molecule has 0 amide bonds. The van der Waals surface area contributed by atoms with Crippen molar-refractivity contribution in [1.82, 2.24) is 0 Å². The van der Waals surface area contributed by atoms with E-state index in [1.807, 2.05) is 0 Å². The number of rotatable bonds is 6. The zero-order valence-electron chi connectivity index (χ0n) is 6.97. The van der Waals surface area contributed by atoms with Gasteiger partial charge in [0.1, 0.15) is 0 Å². The van der Waals surface area contributed by atoms with E-state index in [4.69, 9.17) is 0 Å². The maximum Gasteiger partial charge on any atom is 0.0414 e. The van der Waals surface area contributed by atoms with Crippen molar-refractivity contribution in [2.45, 2.75) is 45.4 Å². The molecule has 0 aromatic rings. The first kappa shape index (κ1) is 13.6. The van der Waals surface area contributed by atoms with Crippen LogP contribution in [-0.4, -0.2) is 5.97 Å². The SMILES string of the molecule is CCCCCCCC(=O)[O-].[Cr]. The fraction of sp³-hybridized carbons (Fsp3) is 0.875. The molecular formula is C8H15CrO2-. The predicted octanol–water partition coefficient (Wildman–Crippen LogP) is 1.09. The Balaban J connectivity index is 0. The topological polar surface area (TPSA) is 40.1 Å². The minimum absolute atomic E-state index is 0. The Labute approximate surface area is 79.1 Å². The number of unbranched alkanes of at least 4 members (excludes halogenated alkanes) is 4. The molecule has 0 heterocycles. The molecule has 0 aliphatic heterocycles. The average Bonchev–Trinajstić information content (AvgIpc) is 1.87. The van der Waals surface area contributed by atoms with Gasteiger partial charge in [0.15, 0.2) is 0 Å². The van der Waals surface area contributed by atoms with E-state index in [1.54, 1.807) is 0 Å². The molecule has 66 valence electrons. The standard InChI is InChI=1S/C8H16O2.Cr/c1-2-3-4-5-6-7-8(9)10;/h2-7H2,1H3,(H,9,10);/p-1. The number of hydrogen-bond donors (Lipinski definition) is 0. The van der Waals surface area contributed by atoms with E-state index in [1.165, 1.54) is 12.8 Å². The minimum atomic E-state index is -0.920. The molecule has 0 bridgehead atoms. The molecule has 0 atom stereocenters. The van der Waals surface area contributed by atoms with Crippen molar-refractivity contribution < 1.29 is 27.3 Å². The van der Waals surface area contributed by atoms with E-state index in [0.717, 1.165) is 19.3 Å². The third-order valence-corrected chi connectivity index (χ3v) is 1.48. The number of carbonyl (C=O) groups excluding carboxylic acids is 1. The van der Waals surface area contributed by atoms with Crippen molar-refractivity contribution in [3.63, 3.8) is 0 Å². The van der Waals surface area contributed by atoms with Crippen LogP contribution in [0.3, 0.4) is 0 Å². The molecule has 0 N–H and O–H groups in total. The van der Waals surface area contributed by atoms with E-state index in [9.17, 15) is 9.90 Å².